The van der Waals surface area contributed by atoms with Gasteiger partial charge in [0.2, 0.25) is 5.91 Å². The Bertz CT molecular complexity index is 1080. The van der Waals surface area contributed by atoms with E-state index in [9.17, 15) is 19.7 Å². The minimum Gasteiger partial charge on any atom is -0.319 e. The average Bonchev–Trinajstić information content (AvgIpc) is 3.07. The van der Waals surface area contributed by atoms with Crippen molar-refractivity contribution in [2.45, 2.75) is 25.5 Å². The normalized spacial score (nSPS) is 10.9. The van der Waals surface area contributed by atoms with Crippen LogP contribution in [0.4, 0.5) is 5.69 Å². The van der Waals surface area contributed by atoms with Gasteiger partial charge in [-0.3, -0.25) is 30.6 Å². The zero-order valence-corrected chi connectivity index (χ0v) is 17.3. The van der Waals surface area contributed by atoms with E-state index in [2.05, 4.69) is 34.3 Å². The maximum atomic E-state index is 12.2. The number of nitrogens with zero attached hydrogens (tertiary/aromatic N) is 3. The lowest BCUT2D eigenvalue weighted by Gasteiger charge is -2.11. The summed E-state index contributed by atoms with van der Waals surface area (Å²) in [4.78, 5) is 39.0. The highest BCUT2D eigenvalue weighted by molar-refractivity contribution is 7.99. The number of carbonyl (C=O) groups is 2. The van der Waals surface area contributed by atoms with Gasteiger partial charge in [-0.1, -0.05) is 37.7 Å². The maximum absolute atomic E-state index is 12.2. The number of thioether (sulfide) groups is 1. The molecule has 0 radical (unpaired) electrons. The Balaban J connectivity index is 1.58. The first-order chi connectivity index (χ1) is 14.3. The van der Waals surface area contributed by atoms with Gasteiger partial charge in [-0.2, -0.15) is 0 Å². The van der Waals surface area contributed by atoms with Gasteiger partial charge in [0.25, 0.3) is 11.6 Å². The molecule has 9 nitrogen and oxygen atoms in total. The van der Waals surface area contributed by atoms with Crippen LogP contribution >= 0.6 is 11.8 Å². The molecule has 0 spiro atoms. The second-order valence-corrected chi connectivity index (χ2v) is 7.93. The number of para-hydroxylation sites is 2. The van der Waals surface area contributed by atoms with Crippen molar-refractivity contribution in [2.24, 2.45) is 5.92 Å². The highest BCUT2D eigenvalue weighted by atomic mass is 32.2. The van der Waals surface area contributed by atoms with Crippen LogP contribution in [0, 0.1) is 16.0 Å². The lowest BCUT2D eigenvalue weighted by Crippen LogP contribution is -2.42. The molecule has 2 aromatic carbocycles. The van der Waals surface area contributed by atoms with Crippen molar-refractivity contribution in [1.82, 2.24) is 20.4 Å². The SMILES string of the molecule is CC(C)Cn1c(SCC(=O)NNC(=O)c2ccc([N+](=O)[O-])cc2)nc2ccccc21. The molecule has 0 aliphatic heterocycles. The van der Waals surface area contributed by atoms with Crippen molar-refractivity contribution >= 4 is 40.3 Å². The molecule has 10 heteroatoms. The molecule has 30 heavy (non-hydrogen) atoms. The van der Waals surface area contributed by atoms with Crippen LogP contribution < -0.4 is 10.9 Å². The van der Waals surface area contributed by atoms with Gasteiger partial charge in [0.1, 0.15) is 0 Å². The number of amides is 2. The number of nitro groups is 1. The molecule has 3 rings (SSSR count). The number of nitro benzene ring substituents is 1. The van der Waals surface area contributed by atoms with Crippen LogP contribution in [0.3, 0.4) is 0 Å². The molecule has 2 N–H and O–H groups in total. The molecule has 1 heterocycles. The lowest BCUT2D eigenvalue weighted by atomic mass is 10.2. The predicted octanol–water partition coefficient (Wildman–Crippen LogP) is 3.15. The minimum atomic E-state index is -0.560. The summed E-state index contributed by atoms with van der Waals surface area (Å²) >= 11 is 1.29. The molecule has 0 fully saturated rings. The first-order valence-corrected chi connectivity index (χ1v) is 10.3. The van der Waals surface area contributed by atoms with Crippen molar-refractivity contribution in [3.8, 4) is 0 Å². The summed E-state index contributed by atoms with van der Waals surface area (Å²) in [5.74, 6) is -0.465. The third-order valence-corrected chi connectivity index (χ3v) is 5.13. The van der Waals surface area contributed by atoms with Crippen LogP contribution in [0.1, 0.15) is 24.2 Å². The highest BCUT2D eigenvalue weighted by Gasteiger charge is 2.15. The summed E-state index contributed by atoms with van der Waals surface area (Å²) in [7, 11) is 0. The molecule has 3 aromatic rings. The van der Waals surface area contributed by atoms with Crippen molar-refractivity contribution < 1.29 is 14.5 Å². The van der Waals surface area contributed by atoms with Crippen LogP contribution in [-0.2, 0) is 11.3 Å². The Hall–Kier alpha value is -3.40. The molecular weight excluding hydrogens is 406 g/mol. The van der Waals surface area contributed by atoms with Gasteiger partial charge in [-0.05, 0) is 30.2 Å². The molecule has 0 saturated heterocycles. The second-order valence-electron chi connectivity index (χ2n) is 6.98. The number of hydrazine groups is 1. The summed E-state index contributed by atoms with van der Waals surface area (Å²) in [6.45, 7) is 5.01. The zero-order valence-electron chi connectivity index (χ0n) is 16.5. The van der Waals surface area contributed by atoms with Gasteiger partial charge in [-0.25, -0.2) is 4.98 Å². The fourth-order valence-corrected chi connectivity index (χ4v) is 3.63. The fraction of sp³-hybridized carbons (Fsp3) is 0.250. The Morgan fingerprint density at radius 2 is 1.83 bits per heavy atom. The number of imidazole rings is 1. The molecule has 2 amide bonds. The van der Waals surface area contributed by atoms with E-state index in [0.29, 0.717) is 5.92 Å². The Labute approximate surface area is 177 Å². The molecular formula is C20H21N5O4S. The first kappa shape index (κ1) is 21.3. The van der Waals surface area contributed by atoms with E-state index in [1.165, 1.54) is 36.0 Å². The number of rotatable bonds is 7. The number of non-ortho nitro benzene ring substituents is 1. The van der Waals surface area contributed by atoms with Crippen LogP contribution in [0.2, 0.25) is 0 Å². The second kappa shape index (κ2) is 9.40. The van der Waals surface area contributed by atoms with E-state index in [0.717, 1.165) is 22.7 Å². The standard InChI is InChI=1S/C20H21N5O4S/c1-13(2)11-24-17-6-4-3-5-16(17)21-20(24)30-12-18(26)22-23-19(27)14-7-9-15(10-8-14)25(28)29/h3-10,13H,11-12H2,1-2H3,(H,22,26)(H,23,27). The summed E-state index contributed by atoms with van der Waals surface area (Å²) in [5, 5.41) is 11.4. The van der Waals surface area contributed by atoms with Gasteiger partial charge in [0, 0.05) is 24.2 Å². The first-order valence-electron chi connectivity index (χ1n) is 9.27. The Morgan fingerprint density at radius 1 is 1.13 bits per heavy atom. The Morgan fingerprint density at radius 3 is 2.50 bits per heavy atom. The van der Waals surface area contributed by atoms with E-state index in [1.54, 1.807) is 0 Å². The van der Waals surface area contributed by atoms with Gasteiger partial charge < -0.3 is 4.57 Å². The van der Waals surface area contributed by atoms with Crippen molar-refractivity contribution in [1.29, 1.82) is 0 Å². The minimum absolute atomic E-state index is 0.0714. The van der Waals surface area contributed by atoms with Crippen LogP contribution in [-0.4, -0.2) is 32.0 Å². The number of aromatic nitrogens is 2. The van der Waals surface area contributed by atoms with Gasteiger partial charge >= 0.3 is 0 Å². The smallest absolute Gasteiger partial charge is 0.269 e. The molecule has 1 aromatic heterocycles. The van der Waals surface area contributed by atoms with Gasteiger partial charge in [0.15, 0.2) is 5.16 Å². The van der Waals surface area contributed by atoms with E-state index in [1.807, 2.05) is 24.3 Å². The lowest BCUT2D eigenvalue weighted by molar-refractivity contribution is -0.384. The van der Waals surface area contributed by atoms with E-state index >= 15 is 0 Å². The number of benzene rings is 2. The predicted molar refractivity (Wildman–Crippen MR) is 114 cm³/mol. The highest BCUT2D eigenvalue weighted by Crippen LogP contribution is 2.25. The third kappa shape index (κ3) is 5.15. The van der Waals surface area contributed by atoms with Gasteiger partial charge in [0.05, 0.1) is 21.7 Å². The molecule has 0 aliphatic rings. The Kier molecular flexibility index (Phi) is 6.68. The van der Waals surface area contributed by atoms with Gasteiger partial charge in [-0.15, -0.1) is 0 Å². The largest absolute Gasteiger partial charge is 0.319 e. The quantitative estimate of drug-likeness (QED) is 0.340. The molecule has 0 saturated carbocycles. The van der Waals surface area contributed by atoms with Crippen LogP contribution in [0.5, 0.6) is 0 Å². The summed E-state index contributed by atoms with van der Waals surface area (Å²) in [6, 6.07) is 12.9. The maximum Gasteiger partial charge on any atom is 0.269 e. The number of hydrogen-bond donors (Lipinski definition) is 2. The summed E-state index contributed by atoms with van der Waals surface area (Å²) in [6.07, 6.45) is 0. The fourth-order valence-electron chi connectivity index (χ4n) is 2.80. The zero-order chi connectivity index (χ0) is 21.7. The molecule has 0 unspecified atom stereocenters. The molecule has 156 valence electrons. The number of nitrogens with one attached hydrogen (secondary N) is 2. The summed E-state index contributed by atoms with van der Waals surface area (Å²) < 4.78 is 2.09. The van der Waals surface area contributed by atoms with E-state index < -0.39 is 16.7 Å². The molecule has 0 aliphatic carbocycles. The van der Waals surface area contributed by atoms with E-state index in [4.69, 9.17) is 0 Å². The van der Waals surface area contributed by atoms with Crippen molar-refractivity contribution in [3.05, 3.63) is 64.2 Å². The van der Waals surface area contributed by atoms with Crippen LogP contribution in [0.25, 0.3) is 11.0 Å². The average molecular weight is 427 g/mol. The van der Waals surface area contributed by atoms with Crippen molar-refractivity contribution in [2.75, 3.05) is 5.75 Å². The number of fused-ring (bicyclic) bond motifs is 1. The van der Waals surface area contributed by atoms with Crippen LogP contribution in [0.15, 0.2) is 53.7 Å². The number of hydrogen-bond acceptors (Lipinski definition) is 6. The van der Waals surface area contributed by atoms with E-state index in [-0.39, 0.29) is 17.0 Å². The third-order valence-electron chi connectivity index (χ3n) is 4.16. The summed E-state index contributed by atoms with van der Waals surface area (Å²) in [5.41, 5.74) is 6.63. The van der Waals surface area contributed by atoms with Crippen molar-refractivity contribution in [3.63, 3.8) is 0 Å². The monoisotopic (exact) mass is 427 g/mol. The topological polar surface area (TPSA) is 119 Å². The number of carbonyl (C=O) groups excluding carboxylic acids is 2. The molecule has 0 atom stereocenters. The molecule has 0 bridgehead atoms.